The van der Waals surface area contributed by atoms with Crippen LogP contribution in [0.1, 0.15) is 30.1 Å². The molecule has 0 aliphatic heterocycles. The highest BCUT2D eigenvalue weighted by molar-refractivity contribution is 5.94. The van der Waals surface area contributed by atoms with E-state index in [4.69, 9.17) is 0 Å². The van der Waals surface area contributed by atoms with Crippen molar-refractivity contribution in [1.29, 1.82) is 0 Å². The Morgan fingerprint density at radius 3 is 2.88 bits per heavy atom. The molecule has 1 N–H and O–H groups in total. The number of nitrogens with zero attached hydrogens (tertiary/aromatic N) is 2. The molecule has 17 heavy (non-hydrogen) atoms. The molecule has 1 unspecified atom stereocenters. The highest BCUT2D eigenvalue weighted by Gasteiger charge is 2.32. The van der Waals surface area contributed by atoms with E-state index in [2.05, 4.69) is 17.2 Å². The Morgan fingerprint density at radius 2 is 2.29 bits per heavy atom. The quantitative estimate of drug-likeness (QED) is 0.865. The first kappa shape index (κ1) is 11.9. The molecule has 4 nitrogen and oxygen atoms in total. The largest absolute Gasteiger partial charge is 0.373 e. The number of carbonyl (C=O) groups excluding carboxylic acids is 1. The van der Waals surface area contributed by atoms with Gasteiger partial charge in [0.15, 0.2) is 0 Å². The summed E-state index contributed by atoms with van der Waals surface area (Å²) in [5, 5.41) is 2.94. The smallest absolute Gasteiger partial charge is 0.254 e. The monoisotopic (exact) mass is 233 g/mol. The minimum atomic E-state index is 0.0725. The fourth-order valence-corrected chi connectivity index (χ4v) is 1.98. The Balaban J connectivity index is 2.11. The average molecular weight is 233 g/mol. The summed E-state index contributed by atoms with van der Waals surface area (Å²) in [5.41, 5.74) is 0.694. The van der Waals surface area contributed by atoms with Crippen molar-refractivity contribution in [2.45, 2.75) is 25.8 Å². The van der Waals surface area contributed by atoms with E-state index >= 15 is 0 Å². The van der Waals surface area contributed by atoms with Crippen molar-refractivity contribution < 1.29 is 4.79 Å². The summed E-state index contributed by atoms with van der Waals surface area (Å²) in [5.74, 6) is 1.49. The molecule has 0 radical (unpaired) electrons. The van der Waals surface area contributed by atoms with Crippen molar-refractivity contribution >= 4 is 11.7 Å². The second-order valence-electron chi connectivity index (χ2n) is 4.67. The number of hydrogen-bond donors (Lipinski definition) is 1. The first-order valence-corrected chi connectivity index (χ1v) is 6.04. The van der Waals surface area contributed by atoms with Crippen molar-refractivity contribution in [3.8, 4) is 0 Å². The normalized spacial score (nSPS) is 16.4. The number of carbonyl (C=O) groups is 1. The van der Waals surface area contributed by atoms with Gasteiger partial charge in [0.25, 0.3) is 5.91 Å². The number of aromatic nitrogens is 1. The third-order valence-corrected chi connectivity index (χ3v) is 3.50. The zero-order valence-corrected chi connectivity index (χ0v) is 10.6. The van der Waals surface area contributed by atoms with Crippen LogP contribution in [0.15, 0.2) is 18.3 Å². The molecule has 0 bridgehead atoms. The van der Waals surface area contributed by atoms with Crippen LogP contribution in [0.25, 0.3) is 0 Å². The summed E-state index contributed by atoms with van der Waals surface area (Å²) in [6, 6.07) is 3.88. The molecule has 1 fully saturated rings. The molecule has 1 amide bonds. The molecule has 1 aliphatic carbocycles. The first-order valence-electron chi connectivity index (χ1n) is 6.04. The van der Waals surface area contributed by atoms with Gasteiger partial charge >= 0.3 is 0 Å². The molecule has 1 atom stereocenters. The number of pyridine rings is 1. The van der Waals surface area contributed by atoms with Crippen LogP contribution >= 0.6 is 0 Å². The zero-order valence-electron chi connectivity index (χ0n) is 10.6. The molecule has 2 rings (SSSR count). The highest BCUT2D eigenvalue weighted by atomic mass is 16.2. The van der Waals surface area contributed by atoms with Crippen LogP contribution in [0.5, 0.6) is 0 Å². The van der Waals surface area contributed by atoms with Crippen LogP contribution in [0.4, 0.5) is 5.82 Å². The number of anilines is 1. The first-order chi connectivity index (χ1) is 8.13. The second kappa shape index (κ2) is 4.73. The van der Waals surface area contributed by atoms with E-state index in [0.29, 0.717) is 17.5 Å². The van der Waals surface area contributed by atoms with Gasteiger partial charge in [0.2, 0.25) is 0 Å². The Bertz CT molecular complexity index is 415. The minimum absolute atomic E-state index is 0.0725. The van der Waals surface area contributed by atoms with Gasteiger partial charge in [0, 0.05) is 31.9 Å². The molecule has 0 saturated heterocycles. The van der Waals surface area contributed by atoms with E-state index in [9.17, 15) is 4.79 Å². The van der Waals surface area contributed by atoms with Gasteiger partial charge in [-0.05, 0) is 37.8 Å². The SMILES string of the molecule is CNc1cc(C(=O)N(C)C(C)C2CC2)ccn1. The Hall–Kier alpha value is -1.58. The van der Waals surface area contributed by atoms with Crippen LogP contribution in [0, 0.1) is 5.92 Å². The third-order valence-electron chi connectivity index (χ3n) is 3.50. The molecule has 1 aromatic rings. The van der Waals surface area contributed by atoms with Crippen LogP contribution in [-0.4, -0.2) is 35.9 Å². The Kier molecular flexibility index (Phi) is 3.31. The number of rotatable bonds is 4. The van der Waals surface area contributed by atoms with E-state index < -0.39 is 0 Å². The molecule has 4 heteroatoms. The number of hydrogen-bond acceptors (Lipinski definition) is 3. The Labute approximate surface area is 102 Å². The lowest BCUT2D eigenvalue weighted by Gasteiger charge is -2.25. The summed E-state index contributed by atoms with van der Waals surface area (Å²) in [4.78, 5) is 18.2. The minimum Gasteiger partial charge on any atom is -0.373 e. The van der Waals surface area contributed by atoms with E-state index in [-0.39, 0.29) is 5.91 Å². The van der Waals surface area contributed by atoms with Crippen LogP contribution in [0.2, 0.25) is 0 Å². The number of amides is 1. The molecule has 1 aliphatic rings. The van der Waals surface area contributed by atoms with Crippen molar-refractivity contribution in [3.05, 3.63) is 23.9 Å². The van der Waals surface area contributed by atoms with Crippen molar-refractivity contribution in [2.75, 3.05) is 19.4 Å². The van der Waals surface area contributed by atoms with Crippen molar-refractivity contribution in [1.82, 2.24) is 9.88 Å². The van der Waals surface area contributed by atoms with Gasteiger partial charge in [-0.3, -0.25) is 4.79 Å². The predicted molar refractivity (Wildman–Crippen MR) is 68.1 cm³/mol. The van der Waals surface area contributed by atoms with Gasteiger partial charge in [-0.25, -0.2) is 4.98 Å². The third kappa shape index (κ3) is 2.57. The highest BCUT2D eigenvalue weighted by Crippen LogP contribution is 2.35. The van der Waals surface area contributed by atoms with Gasteiger partial charge < -0.3 is 10.2 Å². The summed E-state index contributed by atoms with van der Waals surface area (Å²) >= 11 is 0. The predicted octanol–water partition coefficient (Wildman–Crippen LogP) is 1.99. The van der Waals surface area contributed by atoms with E-state index in [1.165, 1.54) is 12.8 Å². The lowest BCUT2D eigenvalue weighted by Crippen LogP contribution is -2.36. The maximum Gasteiger partial charge on any atom is 0.254 e. The summed E-state index contributed by atoms with van der Waals surface area (Å²) in [6.45, 7) is 2.12. The average Bonchev–Trinajstić information content (AvgIpc) is 3.20. The van der Waals surface area contributed by atoms with Crippen LogP contribution in [-0.2, 0) is 0 Å². The molecular formula is C13H19N3O. The molecular weight excluding hydrogens is 214 g/mol. The maximum atomic E-state index is 12.3. The van der Waals surface area contributed by atoms with Crippen molar-refractivity contribution in [3.63, 3.8) is 0 Å². The fourth-order valence-electron chi connectivity index (χ4n) is 1.98. The molecule has 0 aromatic carbocycles. The Morgan fingerprint density at radius 1 is 1.59 bits per heavy atom. The molecule has 0 spiro atoms. The van der Waals surface area contributed by atoms with Gasteiger partial charge in [-0.15, -0.1) is 0 Å². The summed E-state index contributed by atoms with van der Waals surface area (Å²) < 4.78 is 0. The van der Waals surface area contributed by atoms with Crippen LogP contribution in [0.3, 0.4) is 0 Å². The lowest BCUT2D eigenvalue weighted by molar-refractivity contribution is 0.0727. The second-order valence-corrected chi connectivity index (χ2v) is 4.67. The molecule has 1 heterocycles. The fraction of sp³-hybridized carbons (Fsp3) is 0.538. The number of nitrogens with one attached hydrogen (secondary N) is 1. The molecule has 92 valence electrons. The van der Waals surface area contributed by atoms with E-state index in [0.717, 1.165) is 5.82 Å². The molecule has 1 saturated carbocycles. The topological polar surface area (TPSA) is 45.2 Å². The zero-order chi connectivity index (χ0) is 12.4. The lowest BCUT2D eigenvalue weighted by atomic mass is 10.1. The van der Waals surface area contributed by atoms with Gasteiger partial charge in [-0.1, -0.05) is 0 Å². The van der Waals surface area contributed by atoms with Gasteiger partial charge in [0.05, 0.1) is 0 Å². The maximum absolute atomic E-state index is 12.3. The van der Waals surface area contributed by atoms with E-state index in [1.807, 2.05) is 11.9 Å². The summed E-state index contributed by atoms with van der Waals surface area (Å²) in [6.07, 6.45) is 4.16. The molecule has 1 aromatic heterocycles. The van der Waals surface area contributed by atoms with Gasteiger partial charge in [0.1, 0.15) is 5.82 Å². The van der Waals surface area contributed by atoms with Gasteiger partial charge in [-0.2, -0.15) is 0 Å². The summed E-state index contributed by atoms with van der Waals surface area (Å²) in [7, 11) is 3.68. The standard InChI is InChI=1S/C13H19N3O/c1-9(10-4-5-10)16(3)13(17)11-6-7-15-12(8-11)14-2/h6-10H,4-5H2,1-3H3,(H,14,15). The van der Waals surface area contributed by atoms with Crippen molar-refractivity contribution in [2.24, 2.45) is 5.92 Å². The van der Waals surface area contributed by atoms with Crippen LogP contribution < -0.4 is 5.32 Å². The van der Waals surface area contributed by atoms with E-state index in [1.54, 1.807) is 25.4 Å².